The summed E-state index contributed by atoms with van der Waals surface area (Å²) >= 11 is 5.17. The van der Waals surface area contributed by atoms with Crippen molar-refractivity contribution < 1.29 is 5.11 Å². The molecule has 0 amide bonds. The SMILES string of the molecule is CCCC(O)CNC(C)c1cc(Br)cs1. The number of aliphatic hydroxyl groups excluding tert-OH is 1. The lowest BCUT2D eigenvalue weighted by Crippen LogP contribution is -2.28. The zero-order valence-electron chi connectivity index (χ0n) is 9.16. The molecule has 0 aliphatic rings. The fourth-order valence-electron chi connectivity index (χ4n) is 1.40. The molecule has 0 bridgehead atoms. The maximum absolute atomic E-state index is 9.58. The summed E-state index contributed by atoms with van der Waals surface area (Å²) in [6.45, 7) is 4.88. The van der Waals surface area contributed by atoms with E-state index in [0.29, 0.717) is 12.6 Å². The third kappa shape index (κ3) is 4.64. The Labute approximate surface area is 104 Å². The van der Waals surface area contributed by atoms with Crippen molar-refractivity contribution in [1.29, 1.82) is 0 Å². The van der Waals surface area contributed by atoms with Gasteiger partial charge < -0.3 is 10.4 Å². The van der Waals surface area contributed by atoms with Crippen molar-refractivity contribution in [2.24, 2.45) is 0 Å². The van der Waals surface area contributed by atoms with Gasteiger partial charge >= 0.3 is 0 Å². The average Bonchev–Trinajstić information content (AvgIpc) is 2.62. The Morgan fingerprint density at radius 3 is 2.87 bits per heavy atom. The van der Waals surface area contributed by atoms with Gasteiger partial charge in [-0.3, -0.25) is 0 Å². The van der Waals surface area contributed by atoms with Gasteiger partial charge in [0.05, 0.1) is 6.10 Å². The Hall–Kier alpha value is 0.1000. The van der Waals surface area contributed by atoms with Gasteiger partial charge in [-0.2, -0.15) is 0 Å². The first kappa shape index (κ1) is 13.2. The third-order valence-electron chi connectivity index (χ3n) is 2.30. The van der Waals surface area contributed by atoms with E-state index in [4.69, 9.17) is 0 Å². The first-order chi connectivity index (χ1) is 7.13. The molecule has 86 valence electrons. The highest BCUT2D eigenvalue weighted by Crippen LogP contribution is 2.25. The fraction of sp³-hybridized carbons (Fsp3) is 0.636. The smallest absolute Gasteiger partial charge is 0.0664 e. The minimum absolute atomic E-state index is 0.221. The van der Waals surface area contributed by atoms with Gasteiger partial charge in [0.15, 0.2) is 0 Å². The quantitative estimate of drug-likeness (QED) is 0.843. The molecule has 2 atom stereocenters. The molecule has 0 fully saturated rings. The van der Waals surface area contributed by atoms with Gasteiger partial charge in [-0.05, 0) is 35.3 Å². The fourth-order valence-corrected chi connectivity index (χ4v) is 2.88. The van der Waals surface area contributed by atoms with Crippen LogP contribution < -0.4 is 5.32 Å². The largest absolute Gasteiger partial charge is 0.392 e. The molecule has 4 heteroatoms. The molecular weight excluding hydrogens is 274 g/mol. The zero-order valence-corrected chi connectivity index (χ0v) is 11.6. The van der Waals surface area contributed by atoms with Crippen molar-refractivity contribution in [3.63, 3.8) is 0 Å². The maximum atomic E-state index is 9.58. The lowest BCUT2D eigenvalue weighted by atomic mass is 10.2. The van der Waals surface area contributed by atoms with Crippen LogP contribution in [0.5, 0.6) is 0 Å². The highest BCUT2D eigenvalue weighted by Gasteiger charge is 2.09. The summed E-state index contributed by atoms with van der Waals surface area (Å²) < 4.78 is 1.13. The van der Waals surface area contributed by atoms with E-state index in [2.05, 4.69) is 46.5 Å². The molecular formula is C11H18BrNOS. The predicted molar refractivity (Wildman–Crippen MR) is 69.4 cm³/mol. The molecule has 0 saturated heterocycles. The summed E-state index contributed by atoms with van der Waals surface area (Å²) in [6.07, 6.45) is 1.68. The molecule has 2 N–H and O–H groups in total. The Balaban J connectivity index is 2.33. The first-order valence-corrected chi connectivity index (χ1v) is 6.96. The number of hydrogen-bond donors (Lipinski definition) is 2. The Morgan fingerprint density at radius 1 is 1.60 bits per heavy atom. The predicted octanol–water partition coefficient (Wildman–Crippen LogP) is 3.32. The van der Waals surface area contributed by atoms with E-state index >= 15 is 0 Å². The van der Waals surface area contributed by atoms with Gasteiger partial charge in [0.2, 0.25) is 0 Å². The molecule has 2 unspecified atom stereocenters. The highest BCUT2D eigenvalue weighted by atomic mass is 79.9. The van der Waals surface area contributed by atoms with Crippen molar-refractivity contribution >= 4 is 27.3 Å². The monoisotopic (exact) mass is 291 g/mol. The Bertz CT molecular complexity index is 290. The van der Waals surface area contributed by atoms with E-state index in [1.165, 1.54) is 4.88 Å². The van der Waals surface area contributed by atoms with Crippen molar-refractivity contribution in [3.05, 3.63) is 20.8 Å². The zero-order chi connectivity index (χ0) is 11.3. The number of thiophene rings is 1. The summed E-state index contributed by atoms with van der Waals surface area (Å²) in [5.41, 5.74) is 0. The van der Waals surface area contributed by atoms with Gasteiger partial charge in [0, 0.05) is 27.3 Å². The van der Waals surface area contributed by atoms with Crippen LogP contribution >= 0.6 is 27.3 Å². The van der Waals surface area contributed by atoms with Crippen LogP contribution in [-0.4, -0.2) is 17.8 Å². The second-order valence-corrected chi connectivity index (χ2v) is 5.60. The second kappa shape index (κ2) is 6.63. The number of nitrogens with one attached hydrogen (secondary N) is 1. The van der Waals surface area contributed by atoms with Crippen LogP contribution in [0, 0.1) is 0 Å². The normalized spacial score (nSPS) is 15.2. The Kier molecular flexibility index (Phi) is 5.82. The number of hydrogen-bond acceptors (Lipinski definition) is 3. The molecule has 1 rings (SSSR count). The molecule has 0 spiro atoms. The summed E-state index contributed by atoms with van der Waals surface area (Å²) in [4.78, 5) is 1.30. The molecule has 2 nitrogen and oxygen atoms in total. The van der Waals surface area contributed by atoms with E-state index in [9.17, 15) is 5.11 Å². The number of halogens is 1. The molecule has 0 aliphatic heterocycles. The van der Waals surface area contributed by atoms with Crippen LogP contribution in [0.4, 0.5) is 0 Å². The molecule has 0 radical (unpaired) electrons. The van der Waals surface area contributed by atoms with Crippen LogP contribution in [0.15, 0.2) is 15.9 Å². The first-order valence-electron chi connectivity index (χ1n) is 5.28. The van der Waals surface area contributed by atoms with Gasteiger partial charge in [-0.15, -0.1) is 11.3 Å². The van der Waals surface area contributed by atoms with Crippen molar-refractivity contribution in [1.82, 2.24) is 5.32 Å². The minimum Gasteiger partial charge on any atom is -0.392 e. The van der Waals surface area contributed by atoms with E-state index in [1.54, 1.807) is 11.3 Å². The standard InChI is InChI=1S/C11H18BrNOS/c1-3-4-10(14)6-13-8(2)11-5-9(12)7-15-11/h5,7-8,10,13-14H,3-4,6H2,1-2H3. The van der Waals surface area contributed by atoms with E-state index < -0.39 is 0 Å². The molecule has 0 aliphatic carbocycles. The topological polar surface area (TPSA) is 32.3 Å². The van der Waals surface area contributed by atoms with Gasteiger partial charge in [0.25, 0.3) is 0 Å². The summed E-state index contributed by atoms with van der Waals surface area (Å²) in [7, 11) is 0. The van der Waals surface area contributed by atoms with Gasteiger partial charge in [0.1, 0.15) is 0 Å². The summed E-state index contributed by atoms with van der Waals surface area (Å²) in [5, 5.41) is 15.0. The molecule has 0 saturated carbocycles. The van der Waals surface area contributed by atoms with E-state index in [1.807, 2.05) is 0 Å². The molecule has 1 heterocycles. The summed E-state index contributed by atoms with van der Waals surface area (Å²) in [5.74, 6) is 0. The van der Waals surface area contributed by atoms with E-state index in [0.717, 1.165) is 17.3 Å². The van der Waals surface area contributed by atoms with Gasteiger partial charge in [-0.1, -0.05) is 13.3 Å². The Morgan fingerprint density at radius 2 is 2.33 bits per heavy atom. The minimum atomic E-state index is -0.221. The van der Waals surface area contributed by atoms with Crippen molar-refractivity contribution in [2.75, 3.05) is 6.54 Å². The molecule has 1 aromatic rings. The molecule has 0 aromatic carbocycles. The molecule has 1 aromatic heterocycles. The van der Waals surface area contributed by atoms with Crippen molar-refractivity contribution in [3.8, 4) is 0 Å². The van der Waals surface area contributed by atoms with E-state index in [-0.39, 0.29) is 6.10 Å². The van der Waals surface area contributed by atoms with Crippen LogP contribution in [-0.2, 0) is 0 Å². The second-order valence-electron chi connectivity index (χ2n) is 3.74. The van der Waals surface area contributed by atoms with Gasteiger partial charge in [-0.25, -0.2) is 0 Å². The van der Waals surface area contributed by atoms with Crippen LogP contribution in [0.3, 0.4) is 0 Å². The van der Waals surface area contributed by atoms with Crippen LogP contribution in [0.1, 0.15) is 37.6 Å². The average molecular weight is 292 g/mol. The molecule has 15 heavy (non-hydrogen) atoms. The summed E-state index contributed by atoms with van der Waals surface area (Å²) in [6, 6.07) is 2.43. The lowest BCUT2D eigenvalue weighted by molar-refractivity contribution is 0.157. The van der Waals surface area contributed by atoms with Crippen LogP contribution in [0.25, 0.3) is 0 Å². The third-order valence-corrected chi connectivity index (χ3v) is 4.17. The number of aliphatic hydroxyl groups is 1. The highest BCUT2D eigenvalue weighted by molar-refractivity contribution is 9.10. The number of rotatable bonds is 6. The lowest BCUT2D eigenvalue weighted by Gasteiger charge is -2.15. The maximum Gasteiger partial charge on any atom is 0.0664 e. The van der Waals surface area contributed by atoms with Crippen molar-refractivity contribution in [2.45, 2.75) is 38.8 Å². The van der Waals surface area contributed by atoms with Crippen LogP contribution in [0.2, 0.25) is 0 Å².